The molecule has 0 radical (unpaired) electrons. The van der Waals surface area contributed by atoms with Gasteiger partial charge in [0.2, 0.25) is 0 Å². The molecule has 3 atom stereocenters. The lowest BCUT2D eigenvalue weighted by Gasteiger charge is -2.20. The lowest BCUT2D eigenvalue weighted by molar-refractivity contribution is 0.443. The molecule has 0 saturated heterocycles. The second kappa shape index (κ2) is 4.67. The number of hydrogen-bond donors (Lipinski definition) is 1. The summed E-state index contributed by atoms with van der Waals surface area (Å²) in [5.41, 5.74) is 1.40. The van der Waals surface area contributed by atoms with Gasteiger partial charge in [0, 0.05) is 15.0 Å². The summed E-state index contributed by atoms with van der Waals surface area (Å²) in [5, 5.41) is 3.53. The van der Waals surface area contributed by atoms with E-state index >= 15 is 0 Å². The van der Waals surface area contributed by atoms with Crippen LogP contribution in [-0.4, -0.2) is 7.05 Å². The first-order valence-corrected chi connectivity index (χ1v) is 7.93. The SMILES string of the molecule is CNC(c1cc(Br)ccc1Br)C1C2CCCC21. The zero-order valence-corrected chi connectivity index (χ0v) is 13.1. The molecule has 92 valence electrons. The van der Waals surface area contributed by atoms with Crippen LogP contribution in [0.25, 0.3) is 0 Å². The minimum atomic E-state index is 0.511. The van der Waals surface area contributed by atoms with Gasteiger partial charge in [0.1, 0.15) is 0 Å². The number of halogens is 2. The Labute approximate surface area is 120 Å². The highest BCUT2D eigenvalue weighted by Gasteiger charge is 2.55. The van der Waals surface area contributed by atoms with Crippen molar-refractivity contribution in [3.05, 3.63) is 32.7 Å². The molecule has 2 fully saturated rings. The second-order valence-electron chi connectivity index (χ2n) is 5.27. The Morgan fingerprint density at radius 2 is 1.94 bits per heavy atom. The summed E-state index contributed by atoms with van der Waals surface area (Å²) >= 11 is 7.26. The van der Waals surface area contributed by atoms with Crippen molar-refractivity contribution in [2.75, 3.05) is 7.05 Å². The van der Waals surface area contributed by atoms with E-state index in [1.165, 1.54) is 33.8 Å². The normalized spacial score (nSPS) is 32.3. The molecule has 1 aromatic carbocycles. The standard InChI is InChI=1S/C14H17Br2N/c1-17-14(13-9-3-2-4-10(9)13)11-7-8(15)5-6-12(11)16/h5-7,9-10,13-14,17H,2-4H2,1H3. The molecular formula is C14H17Br2N. The van der Waals surface area contributed by atoms with E-state index in [1.54, 1.807) is 0 Å². The van der Waals surface area contributed by atoms with Gasteiger partial charge in [0.15, 0.2) is 0 Å². The van der Waals surface area contributed by atoms with Crippen LogP contribution in [0, 0.1) is 17.8 Å². The summed E-state index contributed by atoms with van der Waals surface area (Å²) in [6.07, 6.45) is 4.33. The van der Waals surface area contributed by atoms with E-state index in [0.717, 1.165) is 17.8 Å². The number of fused-ring (bicyclic) bond motifs is 1. The third kappa shape index (κ3) is 2.11. The zero-order valence-electron chi connectivity index (χ0n) is 9.92. The maximum absolute atomic E-state index is 3.69. The summed E-state index contributed by atoms with van der Waals surface area (Å²) in [6, 6.07) is 6.99. The van der Waals surface area contributed by atoms with Crippen molar-refractivity contribution >= 4 is 31.9 Å². The Hall–Kier alpha value is 0.140. The van der Waals surface area contributed by atoms with Crippen LogP contribution < -0.4 is 5.32 Å². The van der Waals surface area contributed by atoms with Crippen molar-refractivity contribution in [1.82, 2.24) is 5.32 Å². The Bertz CT molecular complexity index is 422. The van der Waals surface area contributed by atoms with E-state index in [0.29, 0.717) is 6.04 Å². The predicted octanol–water partition coefficient (Wildman–Crippen LogP) is 4.52. The first-order valence-electron chi connectivity index (χ1n) is 6.34. The van der Waals surface area contributed by atoms with Gasteiger partial charge in [0.25, 0.3) is 0 Å². The third-order valence-electron chi connectivity index (χ3n) is 4.46. The smallest absolute Gasteiger partial charge is 0.0363 e. The van der Waals surface area contributed by atoms with Crippen molar-refractivity contribution in [1.29, 1.82) is 0 Å². The monoisotopic (exact) mass is 357 g/mol. The summed E-state index contributed by atoms with van der Waals surface area (Å²) in [7, 11) is 2.09. The summed E-state index contributed by atoms with van der Waals surface area (Å²) in [6.45, 7) is 0. The number of benzene rings is 1. The molecule has 0 bridgehead atoms. The van der Waals surface area contributed by atoms with Gasteiger partial charge in [-0.25, -0.2) is 0 Å². The van der Waals surface area contributed by atoms with Crippen molar-refractivity contribution in [3.63, 3.8) is 0 Å². The lowest BCUT2D eigenvalue weighted by atomic mass is 9.97. The number of rotatable bonds is 3. The van der Waals surface area contributed by atoms with Gasteiger partial charge in [-0.15, -0.1) is 0 Å². The highest BCUT2D eigenvalue weighted by molar-refractivity contribution is 9.11. The Balaban J connectivity index is 1.88. The van der Waals surface area contributed by atoms with Gasteiger partial charge in [-0.1, -0.05) is 38.3 Å². The average molecular weight is 359 g/mol. The molecule has 3 unspecified atom stereocenters. The Kier molecular flexibility index (Phi) is 3.35. The summed E-state index contributed by atoms with van der Waals surface area (Å²) in [4.78, 5) is 0. The van der Waals surface area contributed by atoms with Crippen LogP contribution in [0.1, 0.15) is 30.9 Å². The molecule has 3 rings (SSSR count). The Morgan fingerprint density at radius 1 is 1.24 bits per heavy atom. The average Bonchev–Trinajstić information content (AvgIpc) is 2.79. The molecule has 1 nitrogen and oxygen atoms in total. The van der Waals surface area contributed by atoms with Crippen molar-refractivity contribution in [2.24, 2.45) is 17.8 Å². The molecule has 17 heavy (non-hydrogen) atoms. The van der Waals surface area contributed by atoms with Crippen LogP contribution in [0.3, 0.4) is 0 Å². The van der Waals surface area contributed by atoms with Gasteiger partial charge in [-0.3, -0.25) is 0 Å². The van der Waals surface area contributed by atoms with Crippen molar-refractivity contribution < 1.29 is 0 Å². The van der Waals surface area contributed by atoms with Crippen LogP contribution in [0.5, 0.6) is 0 Å². The lowest BCUT2D eigenvalue weighted by Crippen LogP contribution is -2.21. The molecule has 0 amide bonds. The number of hydrogen-bond acceptors (Lipinski definition) is 1. The molecule has 3 heteroatoms. The van der Waals surface area contributed by atoms with Crippen LogP contribution in [0.2, 0.25) is 0 Å². The van der Waals surface area contributed by atoms with Gasteiger partial charge in [-0.05, 0) is 61.4 Å². The van der Waals surface area contributed by atoms with Gasteiger partial charge < -0.3 is 5.32 Å². The zero-order chi connectivity index (χ0) is 12.0. The van der Waals surface area contributed by atoms with E-state index in [9.17, 15) is 0 Å². The van der Waals surface area contributed by atoms with E-state index in [2.05, 4.69) is 62.4 Å². The van der Waals surface area contributed by atoms with Crippen LogP contribution >= 0.6 is 31.9 Å². The van der Waals surface area contributed by atoms with Gasteiger partial charge in [0.05, 0.1) is 0 Å². The van der Waals surface area contributed by atoms with Crippen LogP contribution in [0.15, 0.2) is 27.1 Å². The van der Waals surface area contributed by atoms with Gasteiger partial charge in [-0.2, -0.15) is 0 Å². The van der Waals surface area contributed by atoms with E-state index in [4.69, 9.17) is 0 Å². The molecule has 1 N–H and O–H groups in total. The molecule has 0 heterocycles. The molecular weight excluding hydrogens is 342 g/mol. The Morgan fingerprint density at radius 3 is 2.59 bits per heavy atom. The minimum absolute atomic E-state index is 0.511. The van der Waals surface area contributed by atoms with Crippen molar-refractivity contribution in [3.8, 4) is 0 Å². The summed E-state index contributed by atoms with van der Waals surface area (Å²) < 4.78 is 2.40. The molecule has 2 saturated carbocycles. The quantitative estimate of drug-likeness (QED) is 0.837. The molecule has 2 aliphatic rings. The third-order valence-corrected chi connectivity index (χ3v) is 5.68. The van der Waals surface area contributed by atoms with Crippen LogP contribution in [0.4, 0.5) is 0 Å². The van der Waals surface area contributed by atoms with Crippen molar-refractivity contribution in [2.45, 2.75) is 25.3 Å². The molecule has 2 aliphatic carbocycles. The van der Waals surface area contributed by atoms with Crippen LogP contribution in [-0.2, 0) is 0 Å². The van der Waals surface area contributed by atoms with E-state index in [1.807, 2.05) is 0 Å². The molecule has 0 aromatic heterocycles. The fraction of sp³-hybridized carbons (Fsp3) is 0.571. The second-order valence-corrected chi connectivity index (χ2v) is 7.04. The fourth-order valence-corrected chi connectivity index (χ4v) is 4.55. The topological polar surface area (TPSA) is 12.0 Å². The highest BCUT2D eigenvalue weighted by atomic mass is 79.9. The maximum atomic E-state index is 3.69. The van der Waals surface area contributed by atoms with Gasteiger partial charge >= 0.3 is 0 Å². The first-order chi connectivity index (χ1) is 8.22. The molecule has 0 aliphatic heterocycles. The largest absolute Gasteiger partial charge is 0.313 e. The maximum Gasteiger partial charge on any atom is 0.0363 e. The van der Waals surface area contributed by atoms with E-state index in [-0.39, 0.29) is 0 Å². The van der Waals surface area contributed by atoms with E-state index < -0.39 is 0 Å². The fourth-order valence-electron chi connectivity index (χ4n) is 3.68. The number of nitrogens with one attached hydrogen (secondary N) is 1. The molecule has 1 aromatic rings. The summed E-state index contributed by atoms with van der Waals surface area (Å²) in [5.74, 6) is 2.83. The first kappa shape index (κ1) is 12.2. The minimum Gasteiger partial charge on any atom is -0.313 e. The highest BCUT2D eigenvalue weighted by Crippen LogP contribution is 2.62. The molecule has 0 spiro atoms. The predicted molar refractivity (Wildman–Crippen MR) is 78.0 cm³/mol.